The van der Waals surface area contributed by atoms with Gasteiger partial charge in [-0.15, -0.1) is 0 Å². The second-order valence-electron chi connectivity index (χ2n) is 7.31. The van der Waals surface area contributed by atoms with Crippen LogP contribution in [-0.2, 0) is 4.74 Å². The third-order valence-corrected chi connectivity index (χ3v) is 4.87. The van der Waals surface area contributed by atoms with E-state index in [4.69, 9.17) is 4.74 Å². The Bertz CT molecular complexity index is 264. The van der Waals surface area contributed by atoms with Crippen LogP contribution >= 0.6 is 0 Å². The van der Waals surface area contributed by atoms with E-state index in [0.717, 1.165) is 12.0 Å². The molecule has 1 N–H and O–H groups in total. The molecule has 2 rings (SSSR count). The molecule has 1 saturated carbocycles. The summed E-state index contributed by atoms with van der Waals surface area (Å²) in [5.41, 5.74) is 0.134. The molecule has 2 fully saturated rings. The highest BCUT2D eigenvalue weighted by Gasteiger charge is 2.33. The van der Waals surface area contributed by atoms with Gasteiger partial charge in [-0.3, -0.25) is 0 Å². The first-order chi connectivity index (χ1) is 9.09. The Morgan fingerprint density at radius 1 is 1.16 bits per heavy atom. The molecule has 1 saturated heterocycles. The zero-order valence-corrected chi connectivity index (χ0v) is 13.2. The third-order valence-electron chi connectivity index (χ3n) is 4.87. The van der Waals surface area contributed by atoms with E-state index in [2.05, 4.69) is 26.1 Å². The Kier molecular flexibility index (Phi) is 5.70. The van der Waals surface area contributed by atoms with Crippen LogP contribution < -0.4 is 5.32 Å². The van der Waals surface area contributed by atoms with Crippen molar-refractivity contribution < 1.29 is 4.74 Å². The Labute approximate surface area is 119 Å². The predicted octanol–water partition coefficient (Wildman–Crippen LogP) is 4.28. The minimum absolute atomic E-state index is 0.134. The average molecular weight is 267 g/mol. The molecular formula is C17H33NO. The minimum Gasteiger partial charge on any atom is -0.372 e. The maximum absolute atomic E-state index is 6.19. The van der Waals surface area contributed by atoms with Crippen LogP contribution in [0.3, 0.4) is 0 Å². The van der Waals surface area contributed by atoms with Crippen LogP contribution in [0.5, 0.6) is 0 Å². The van der Waals surface area contributed by atoms with Gasteiger partial charge in [0.25, 0.3) is 0 Å². The molecule has 0 aromatic rings. The van der Waals surface area contributed by atoms with E-state index >= 15 is 0 Å². The van der Waals surface area contributed by atoms with Crippen molar-refractivity contribution in [2.75, 3.05) is 6.54 Å². The molecule has 0 amide bonds. The first-order valence-corrected chi connectivity index (χ1v) is 8.50. The summed E-state index contributed by atoms with van der Waals surface area (Å²) in [5, 5.41) is 3.74. The van der Waals surface area contributed by atoms with Gasteiger partial charge in [-0.1, -0.05) is 26.2 Å². The summed E-state index contributed by atoms with van der Waals surface area (Å²) >= 11 is 0. The van der Waals surface area contributed by atoms with Crippen LogP contribution in [0.2, 0.25) is 0 Å². The summed E-state index contributed by atoms with van der Waals surface area (Å²) in [5.74, 6) is 0.885. The summed E-state index contributed by atoms with van der Waals surface area (Å²) < 4.78 is 6.19. The topological polar surface area (TPSA) is 21.3 Å². The van der Waals surface area contributed by atoms with Gasteiger partial charge in [0, 0.05) is 6.04 Å². The lowest BCUT2D eigenvalue weighted by atomic mass is 9.91. The highest BCUT2D eigenvalue weighted by Crippen LogP contribution is 2.35. The molecule has 2 nitrogen and oxygen atoms in total. The highest BCUT2D eigenvalue weighted by molar-refractivity contribution is 4.84. The molecule has 19 heavy (non-hydrogen) atoms. The van der Waals surface area contributed by atoms with E-state index in [0.29, 0.717) is 6.10 Å². The van der Waals surface area contributed by atoms with Crippen molar-refractivity contribution in [1.82, 2.24) is 5.32 Å². The Hall–Kier alpha value is -0.0800. The maximum atomic E-state index is 6.19. The van der Waals surface area contributed by atoms with Gasteiger partial charge in [0.1, 0.15) is 0 Å². The van der Waals surface area contributed by atoms with E-state index in [1.54, 1.807) is 0 Å². The largest absolute Gasteiger partial charge is 0.372 e. The van der Waals surface area contributed by atoms with Crippen molar-refractivity contribution in [1.29, 1.82) is 0 Å². The van der Waals surface area contributed by atoms with Crippen LogP contribution in [0.1, 0.15) is 78.6 Å². The van der Waals surface area contributed by atoms with Gasteiger partial charge in [-0.05, 0) is 64.8 Å². The van der Waals surface area contributed by atoms with Crippen molar-refractivity contribution in [2.24, 2.45) is 5.92 Å². The molecule has 1 aliphatic carbocycles. The summed E-state index contributed by atoms with van der Waals surface area (Å²) in [6.45, 7) is 7.93. The second-order valence-corrected chi connectivity index (χ2v) is 7.31. The molecule has 1 heterocycles. The SMILES string of the molecule is CCCNC1CCCCC(CC2CCC(C)(C)O2)C1. The van der Waals surface area contributed by atoms with Crippen molar-refractivity contribution in [3.63, 3.8) is 0 Å². The zero-order valence-electron chi connectivity index (χ0n) is 13.2. The van der Waals surface area contributed by atoms with Gasteiger partial charge in [0.15, 0.2) is 0 Å². The fourth-order valence-corrected chi connectivity index (χ4v) is 3.83. The number of nitrogens with one attached hydrogen (secondary N) is 1. The average Bonchev–Trinajstić information content (AvgIpc) is 2.58. The highest BCUT2D eigenvalue weighted by atomic mass is 16.5. The predicted molar refractivity (Wildman–Crippen MR) is 81.5 cm³/mol. The van der Waals surface area contributed by atoms with Gasteiger partial charge in [-0.25, -0.2) is 0 Å². The Balaban J connectivity index is 1.78. The molecule has 0 aromatic carbocycles. The molecule has 112 valence electrons. The quantitative estimate of drug-likeness (QED) is 0.751. The summed E-state index contributed by atoms with van der Waals surface area (Å²) in [6, 6.07) is 0.766. The lowest BCUT2D eigenvalue weighted by Crippen LogP contribution is -2.31. The van der Waals surface area contributed by atoms with Crippen LogP contribution in [0.4, 0.5) is 0 Å². The zero-order chi connectivity index (χ0) is 13.7. The molecule has 0 radical (unpaired) electrons. The monoisotopic (exact) mass is 267 g/mol. The molecule has 0 bridgehead atoms. The van der Waals surface area contributed by atoms with Gasteiger partial charge in [0.2, 0.25) is 0 Å². The van der Waals surface area contributed by atoms with E-state index < -0.39 is 0 Å². The van der Waals surface area contributed by atoms with Crippen LogP contribution in [0.15, 0.2) is 0 Å². The summed E-state index contributed by atoms with van der Waals surface area (Å²) in [7, 11) is 0. The van der Waals surface area contributed by atoms with Gasteiger partial charge in [0.05, 0.1) is 11.7 Å². The second kappa shape index (κ2) is 7.08. The van der Waals surface area contributed by atoms with E-state index in [-0.39, 0.29) is 5.60 Å². The van der Waals surface area contributed by atoms with Crippen molar-refractivity contribution in [2.45, 2.75) is 96.3 Å². The molecule has 0 spiro atoms. The first-order valence-electron chi connectivity index (χ1n) is 8.50. The lowest BCUT2D eigenvalue weighted by Gasteiger charge is -2.25. The van der Waals surface area contributed by atoms with Crippen molar-refractivity contribution >= 4 is 0 Å². The van der Waals surface area contributed by atoms with Crippen LogP contribution in [0, 0.1) is 5.92 Å². The van der Waals surface area contributed by atoms with E-state index in [1.807, 2.05) is 0 Å². The fraction of sp³-hybridized carbons (Fsp3) is 1.00. The molecular weight excluding hydrogens is 234 g/mol. The number of rotatable bonds is 5. The molecule has 0 aromatic heterocycles. The molecule has 3 unspecified atom stereocenters. The van der Waals surface area contributed by atoms with Gasteiger partial charge < -0.3 is 10.1 Å². The third kappa shape index (κ3) is 5.07. The fourth-order valence-electron chi connectivity index (χ4n) is 3.83. The number of hydrogen-bond acceptors (Lipinski definition) is 2. The smallest absolute Gasteiger partial charge is 0.0631 e. The normalized spacial score (nSPS) is 35.2. The van der Waals surface area contributed by atoms with Crippen molar-refractivity contribution in [3.8, 4) is 0 Å². The summed E-state index contributed by atoms with van der Waals surface area (Å²) in [4.78, 5) is 0. The molecule has 2 aliphatic rings. The first kappa shape index (κ1) is 15.3. The molecule has 2 heteroatoms. The Morgan fingerprint density at radius 2 is 1.95 bits per heavy atom. The Morgan fingerprint density at radius 3 is 2.63 bits per heavy atom. The lowest BCUT2D eigenvalue weighted by molar-refractivity contribution is -0.0256. The number of hydrogen-bond donors (Lipinski definition) is 1. The minimum atomic E-state index is 0.134. The van der Waals surface area contributed by atoms with Crippen LogP contribution in [-0.4, -0.2) is 24.3 Å². The number of ether oxygens (including phenoxy) is 1. The van der Waals surface area contributed by atoms with Gasteiger partial charge >= 0.3 is 0 Å². The maximum Gasteiger partial charge on any atom is 0.0631 e. The molecule has 3 atom stereocenters. The van der Waals surface area contributed by atoms with Gasteiger partial charge in [-0.2, -0.15) is 0 Å². The molecule has 1 aliphatic heterocycles. The van der Waals surface area contributed by atoms with E-state index in [9.17, 15) is 0 Å². The summed E-state index contributed by atoms with van der Waals surface area (Å²) in [6.07, 6.45) is 12.6. The van der Waals surface area contributed by atoms with Crippen molar-refractivity contribution in [3.05, 3.63) is 0 Å². The van der Waals surface area contributed by atoms with E-state index in [1.165, 1.54) is 64.3 Å². The van der Waals surface area contributed by atoms with Crippen LogP contribution in [0.25, 0.3) is 0 Å². The standard InChI is InChI=1S/C17H33NO/c1-4-11-18-15-8-6-5-7-14(12-15)13-16-9-10-17(2,3)19-16/h14-16,18H,4-13H2,1-3H3.